The number of carbonyl (C=O) groups excluding carboxylic acids is 16. The van der Waals surface area contributed by atoms with E-state index in [4.69, 9.17) is 21.9 Å². The van der Waals surface area contributed by atoms with Crippen LogP contribution < -0.4 is 91.6 Å². The summed E-state index contributed by atoms with van der Waals surface area (Å²) in [6.07, 6.45) is -3.44. The summed E-state index contributed by atoms with van der Waals surface area (Å²) in [5, 5.41) is 83.1. The second-order valence-corrected chi connectivity index (χ2v) is 28.1. The number of nitrogens with two attached hydrogens (primary N) is 3. The Balaban J connectivity index is 1.87. The van der Waals surface area contributed by atoms with Crippen LogP contribution in [0.1, 0.15) is 140 Å². The number of ketones is 1. The van der Waals surface area contributed by atoms with E-state index in [0.29, 0.717) is 17.4 Å². The largest absolute Gasteiger partial charge is 0.481 e. The average Bonchev–Trinajstić information content (AvgIpc) is 1.62. The van der Waals surface area contributed by atoms with Crippen molar-refractivity contribution in [3.63, 3.8) is 0 Å². The number of nitrogen functional groups attached to an aromatic ring is 1. The van der Waals surface area contributed by atoms with Crippen molar-refractivity contribution in [1.29, 1.82) is 0 Å². The van der Waals surface area contributed by atoms with Gasteiger partial charge in [-0.15, -0.1) is 11.3 Å². The number of nitrogens with one attached hydrogen (secondary N) is 14. The number of rotatable bonds is 35. The van der Waals surface area contributed by atoms with Crippen LogP contribution in [0.25, 0.3) is 10.1 Å². The van der Waals surface area contributed by atoms with Crippen molar-refractivity contribution in [3.05, 3.63) is 65.0 Å². The molecule has 0 bridgehead atoms. The van der Waals surface area contributed by atoms with E-state index in [1.54, 1.807) is 23.6 Å². The van der Waals surface area contributed by atoms with Crippen LogP contribution >= 0.6 is 11.3 Å². The van der Waals surface area contributed by atoms with Gasteiger partial charge in [-0.25, -0.2) is 9.59 Å². The molecular formula is C72H101N17O26S. The molecule has 0 radical (unpaired) electrons. The molecule has 15 amide bonds. The van der Waals surface area contributed by atoms with Crippen LogP contribution in [-0.2, 0) is 97.5 Å². The normalized spacial score (nSPS) is 21.1. The number of aliphatic carboxylic acids is 4. The predicted octanol–water partition coefficient (Wildman–Crippen LogP) is -5.10. The number of para-hydroxylation sites is 1. The number of amides is 15. The molecule has 2 aromatic carbocycles. The molecule has 10 unspecified atom stereocenters. The molecule has 1 aromatic heterocycles. The van der Waals surface area contributed by atoms with Crippen LogP contribution in [0.3, 0.4) is 0 Å². The molecule has 0 spiro atoms. The molecule has 1 saturated heterocycles. The predicted molar refractivity (Wildman–Crippen MR) is 408 cm³/mol. The fraction of sp³-hybridized carbons (Fsp3) is 0.528. The molecule has 0 saturated carbocycles. The number of esters is 1. The number of fused-ring (bicyclic) bond motifs is 1. The number of anilines is 1. The van der Waals surface area contributed by atoms with E-state index < -0.39 is 262 Å². The molecule has 4 rings (SSSR count). The number of cyclic esters (lactones) is 1. The fourth-order valence-electron chi connectivity index (χ4n) is 11.6. The van der Waals surface area contributed by atoms with E-state index in [9.17, 15) is 121 Å². The van der Waals surface area contributed by atoms with E-state index >= 15 is 0 Å². The Bertz CT molecular complexity index is 4070. The van der Waals surface area contributed by atoms with Gasteiger partial charge in [0, 0.05) is 35.3 Å². The maximum absolute atomic E-state index is 14.8. The van der Waals surface area contributed by atoms with Gasteiger partial charge in [0.05, 0.1) is 51.8 Å². The summed E-state index contributed by atoms with van der Waals surface area (Å²) in [5.41, 5.74) is 17.5. The SMILES string of the molecule is CCCCCCCCCNC(=O)N[C@@H](Cc1csc2ccccc12)C(=O)N[C@@H](CC(N)=O)C(=O)N[C@@H](CC(=O)O)C(=O)NC1C(=O)NCC(=O)NC(CCCN)C(=O)NC(CC(=O)O)C(=O)NC(C)C(=O)NC(CC(=O)O)C(=O)NCC(=O)NC(CO)C(=O)NC(C(C)CC(=O)O)C(=O)NC(CC(=O)c2ccccc2N)C(=O)OC1C. The molecule has 3 aromatic rings. The maximum Gasteiger partial charge on any atom is 0.329 e. The van der Waals surface area contributed by atoms with Crippen molar-refractivity contribution >= 4 is 146 Å². The lowest BCUT2D eigenvalue weighted by atomic mass is 9.96. The first-order valence-corrected chi connectivity index (χ1v) is 37.9. The van der Waals surface area contributed by atoms with E-state index in [2.05, 4.69) is 65.4 Å². The molecule has 636 valence electrons. The molecule has 25 N–H and O–H groups in total. The topological polar surface area (TPSA) is 698 Å². The molecule has 1 fully saturated rings. The summed E-state index contributed by atoms with van der Waals surface area (Å²) in [5.74, 6) is -29.2. The second-order valence-electron chi connectivity index (χ2n) is 27.2. The third-order valence-electron chi connectivity index (χ3n) is 17.8. The van der Waals surface area contributed by atoms with Gasteiger partial charge >= 0.3 is 35.9 Å². The number of benzene rings is 2. The standard InChI is InChI=1S/C72H101N17O26S/c1-5-6-7-8-9-10-15-23-76-72(114)87-43(25-38-34-116-51-21-14-12-17-39(38)51)65(107)83-44(27-52(75)92)66(108)85-47(30-58(101)102)67(109)89-60-37(4)115-71(113)48(26-50(91)40-18-11-13-19-41(40)74)86-70(112)59(35(2)24-55(95)96)88-68(110)49(33-90)81-54(94)31-77-62(104)45(28-56(97)98)82-61(103)36(3)79-64(106)46(29-57(99)100)84-63(105)42(20-16-22-73)80-53(93)32-78-69(60)111/h11-14,17-19,21,34-37,42-49,59-60,90H,5-10,15-16,20,22-33,73-74H2,1-4H3,(H2,75,92)(H,77,104)(H,78,111)(H,79,106)(H,80,93)(H,81,94)(H,82,103)(H,83,107)(H,84,105)(H,85,108)(H,86,112)(H,88,110)(H,89,109)(H,95,96)(H,97,98)(H,99,100)(H,101,102)(H2,76,87,114)/t35?,36?,37?,42?,43-,44-,45?,46?,47-,48?,49?,59?,60?/m0/s1. The zero-order valence-corrected chi connectivity index (χ0v) is 64.8. The van der Waals surface area contributed by atoms with Crippen molar-refractivity contribution in [3.8, 4) is 0 Å². The Kier molecular flexibility index (Phi) is 40.1. The molecular weight excluding hydrogens is 1550 g/mol. The van der Waals surface area contributed by atoms with Gasteiger partial charge < -0.3 is 122 Å². The fourth-order valence-corrected chi connectivity index (χ4v) is 12.6. The first-order valence-electron chi connectivity index (χ1n) is 37.0. The number of carboxylic acids is 4. The maximum atomic E-state index is 14.8. The number of urea groups is 1. The highest BCUT2D eigenvalue weighted by Crippen LogP contribution is 2.27. The third kappa shape index (κ3) is 32.9. The lowest BCUT2D eigenvalue weighted by Crippen LogP contribution is -2.62. The first kappa shape index (κ1) is 95.9. The number of aliphatic hydroxyl groups excluding tert-OH is 1. The van der Waals surface area contributed by atoms with Crippen LogP contribution in [0.4, 0.5) is 10.5 Å². The monoisotopic (exact) mass is 1650 g/mol. The quantitative estimate of drug-likeness (QED) is 0.0113. The van der Waals surface area contributed by atoms with Crippen molar-refractivity contribution in [2.24, 2.45) is 17.4 Å². The lowest BCUT2D eigenvalue weighted by molar-refractivity contribution is -0.156. The van der Waals surface area contributed by atoms with E-state index in [-0.39, 0.29) is 37.2 Å². The summed E-state index contributed by atoms with van der Waals surface area (Å²) >= 11 is 1.32. The molecule has 116 heavy (non-hydrogen) atoms. The summed E-state index contributed by atoms with van der Waals surface area (Å²) in [7, 11) is 0. The van der Waals surface area contributed by atoms with E-state index in [1.807, 2.05) is 22.0 Å². The van der Waals surface area contributed by atoms with Crippen molar-refractivity contribution < 1.29 is 126 Å². The summed E-state index contributed by atoms with van der Waals surface area (Å²) in [6.45, 7) is 1.33. The molecule has 13 atom stereocenters. The minimum absolute atomic E-state index is 0.0944. The summed E-state index contributed by atoms with van der Waals surface area (Å²) < 4.78 is 6.48. The van der Waals surface area contributed by atoms with Gasteiger partial charge in [-0.2, -0.15) is 0 Å². The van der Waals surface area contributed by atoms with Crippen LogP contribution in [-0.4, -0.2) is 249 Å². The second kappa shape index (κ2) is 48.6. The van der Waals surface area contributed by atoms with Crippen LogP contribution in [0.2, 0.25) is 0 Å². The van der Waals surface area contributed by atoms with Crippen molar-refractivity contribution in [2.45, 2.75) is 203 Å². The van der Waals surface area contributed by atoms with Gasteiger partial charge in [-0.05, 0) is 80.1 Å². The number of primary amides is 1. The molecule has 1 aliphatic heterocycles. The number of aliphatic hydroxyl groups is 1. The molecule has 0 aliphatic carbocycles. The van der Waals surface area contributed by atoms with Crippen molar-refractivity contribution in [2.75, 3.05) is 38.5 Å². The zero-order chi connectivity index (χ0) is 86.5. The minimum Gasteiger partial charge on any atom is -0.481 e. The Hall–Kier alpha value is -12.5. The number of carbonyl (C=O) groups is 20. The highest BCUT2D eigenvalue weighted by atomic mass is 32.1. The van der Waals surface area contributed by atoms with Crippen LogP contribution in [0.5, 0.6) is 0 Å². The van der Waals surface area contributed by atoms with Gasteiger partial charge in [0.25, 0.3) is 0 Å². The highest BCUT2D eigenvalue weighted by molar-refractivity contribution is 7.17. The lowest BCUT2D eigenvalue weighted by Gasteiger charge is -2.30. The van der Waals surface area contributed by atoms with Crippen LogP contribution in [0.15, 0.2) is 53.9 Å². The Labute approximate surface area is 667 Å². The van der Waals surface area contributed by atoms with Gasteiger partial charge in [0.15, 0.2) is 5.78 Å². The number of carboxylic acid groups (broad SMARTS) is 4. The minimum atomic E-state index is -2.45. The zero-order valence-electron chi connectivity index (χ0n) is 64.0. The summed E-state index contributed by atoms with van der Waals surface area (Å²) in [4.78, 5) is 273. The van der Waals surface area contributed by atoms with Gasteiger partial charge in [0.2, 0.25) is 76.8 Å². The number of ether oxygens (including phenoxy) is 1. The number of hydrogen-bond acceptors (Lipinski definition) is 25. The smallest absolute Gasteiger partial charge is 0.329 e. The molecule has 43 nitrogen and oxygen atoms in total. The summed E-state index contributed by atoms with van der Waals surface area (Å²) in [6, 6.07) is -11.3. The first-order chi connectivity index (χ1) is 54.9. The number of hydrogen-bond donors (Lipinski definition) is 22. The van der Waals surface area contributed by atoms with Gasteiger partial charge in [-0.1, -0.05) is 82.7 Å². The van der Waals surface area contributed by atoms with Gasteiger partial charge in [-0.3, -0.25) is 86.3 Å². The average molecular weight is 1650 g/mol. The number of Topliss-reactive ketones (excluding diaryl/α,β-unsaturated/α-hetero) is 1. The molecule has 44 heteroatoms. The highest BCUT2D eigenvalue weighted by Gasteiger charge is 2.41. The Morgan fingerprint density at radius 2 is 1.10 bits per heavy atom. The van der Waals surface area contributed by atoms with Crippen LogP contribution in [0, 0.1) is 5.92 Å². The number of thiophene rings is 1. The third-order valence-corrected chi connectivity index (χ3v) is 18.8. The number of unbranched alkanes of at least 4 members (excludes halogenated alkanes) is 6. The van der Waals surface area contributed by atoms with E-state index in [0.717, 1.165) is 64.0 Å². The molecule has 2 heterocycles. The Morgan fingerprint density at radius 1 is 0.560 bits per heavy atom. The van der Waals surface area contributed by atoms with Gasteiger partial charge in [0.1, 0.15) is 72.6 Å². The van der Waals surface area contributed by atoms with Crippen molar-refractivity contribution in [1.82, 2.24) is 74.4 Å². The van der Waals surface area contributed by atoms with E-state index in [1.165, 1.54) is 35.6 Å². The Morgan fingerprint density at radius 3 is 1.71 bits per heavy atom. The molecule has 1 aliphatic rings.